The number of benzene rings is 2. The quantitative estimate of drug-likeness (QED) is 0.0104. The minimum atomic E-state index is -3.19. The molecule has 0 fully saturated rings. The number of hydrogen-bond donors (Lipinski definition) is 18. The molecule has 0 spiro atoms. The molecule has 24 N–H and O–H groups in total. The predicted molar refractivity (Wildman–Crippen MR) is 367 cm³/mol. The van der Waals surface area contributed by atoms with Crippen LogP contribution in [0.5, 0.6) is 0 Å². The average Bonchev–Trinajstić information content (AvgIpc) is 0.740. The first kappa shape index (κ1) is 86.7. The number of nitrogens with zero attached hydrogens (tertiary/aromatic N) is 2. The van der Waals surface area contributed by atoms with E-state index in [9.17, 15) is 58.8 Å². The van der Waals surface area contributed by atoms with Gasteiger partial charge in [0.25, 0.3) is 11.8 Å². The summed E-state index contributed by atoms with van der Waals surface area (Å²) in [6.45, 7) is 14.7. The smallest absolute Gasteiger partial charge is 0.408 e. The van der Waals surface area contributed by atoms with Gasteiger partial charge in [0, 0.05) is 12.2 Å². The van der Waals surface area contributed by atoms with Crippen LogP contribution >= 0.6 is 0 Å². The summed E-state index contributed by atoms with van der Waals surface area (Å²) in [6, 6.07) is -1.47. The summed E-state index contributed by atoms with van der Waals surface area (Å²) in [7, 11) is 0. The maximum atomic E-state index is 16.4. The van der Waals surface area contributed by atoms with Crippen molar-refractivity contribution in [2.45, 2.75) is 206 Å². The molecule has 558 valence electrons. The number of rotatable bonds is 43. The third-order valence-corrected chi connectivity index (χ3v) is 15.9. The molecule has 0 heterocycles. The number of imide groups is 1. The van der Waals surface area contributed by atoms with Gasteiger partial charge in [-0.25, -0.2) is 9.59 Å². The van der Waals surface area contributed by atoms with E-state index in [1.165, 1.54) is 40.7 Å². The second-order valence-electron chi connectivity index (χ2n) is 26.4. The molecular weight excluding hydrogens is 1300 g/mol. The van der Waals surface area contributed by atoms with Crippen LogP contribution in [-0.4, -0.2) is 200 Å². The number of carbonyl (C=O) groups is 13. The Hall–Kier alpha value is -9.38. The molecule has 2 aromatic rings. The molecule has 0 bridgehead atoms. The number of aliphatic carboxylic acids is 1. The summed E-state index contributed by atoms with van der Waals surface area (Å²) in [5, 5.41) is 60.1. The van der Waals surface area contributed by atoms with Crippen LogP contribution in [0.1, 0.15) is 132 Å². The minimum Gasteiger partial charge on any atom is -0.480 e. The number of carboxylic acid groups (broad SMARTS) is 1. The Bertz CT molecular complexity index is 3150. The van der Waals surface area contributed by atoms with E-state index in [0.717, 1.165) is 6.92 Å². The Labute approximate surface area is 582 Å². The van der Waals surface area contributed by atoms with E-state index in [4.69, 9.17) is 39.1 Å². The average molecular weight is 1410 g/mol. The molecule has 34 heteroatoms. The van der Waals surface area contributed by atoms with Crippen LogP contribution in [0.25, 0.3) is 0 Å². The van der Waals surface area contributed by atoms with E-state index in [0.29, 0.717) is 16.0 Å². The molecule has 0 aliphatic heterocycles. The Morgan fingerprint density at radius 3 is 1.73 bits per heavy atom. The van der Waals surface area contributed by atoms with Crippen LogP contribution in [0, 0.1) is 29.6 Å². The van der Waals surface area contributed by atoms with Crippen LogP contribution in [0.15, 0.2) is 59.6 Å². The molecule has 0 radical (unpaired) electrons. The van der Waals surface area contributed by atoms with Gasteiger partial charge < -0.3 is 102 Å². The number of hydrogen-bond acceptors (Lipinski definition) is 21. The lowest BCUT2D eigenvalue weighted by Crippen LogP contribution is -2.75. The number of alkyl carbamates (subject to hydrolysis) is 1. The number of nitrogen functional groups attached to an aromatic ring is 1. The third kappa shape index (κ3) is 27.7. The Morgan fingerprint density at radius 2 is 1.20 bits per heavy atom. The van der Waals surface area contributed by atoms with Gasteiger partial charge in [0.05, 0.1) is 37.8 Å². The number of aliphatic hydroxyl groups is 3. The van der Waals surface area contributed by atoms with Crippen molar-refractivity contribution in [1.29, 1.82) is 0 Å². The first-order valence-corrected chi connectivity index (χ1v) is 33.1. The number of carboxylic acids is 1. The number of Topliss-reactive ketones (excluding diaryl/α,β-unsaturated/α-hetero) is 1. The maximum Gasteiger partial charge on any atom is 0.408 e. The summed E-state index contributed by atoms with van der Waals surface area (Å²) in [4.78, 5) is 190. The number of aliphatic hydroxyl groups excluding tert-OH is 3. The highest BCUT2D eigenvalue weighted by atomic mass is 16.5. The minimum absolute atomic E-state index is 0.0244. The SMILES string of the molecule is CCC(C)[C@H](NC(=O)[C@@H](CCCN=C(N)N)NC(=O)[C@@](CC(C)C)(C(=O)[C@@H](N)Cc1cccc(N)c1)N(C(=O)[C@H](CC(C)C)NC(=O)[C@@H](CC(C)C)NC(=O)OCc1ccccc1)C(=O)[C@@H](N)[C@H](O)C(C)C)C(=O)N[C@H](C(=O)NCC(=O)N[C@@H](CC(N)=O)C(=O)N[C@@H](CO)C(=O)O)C(C)O. The van der Waals surface area contributed by atoms with Crippen molar-refractivity contribution in [1.82, 2.24) is 47.4 Å². The first-order valence-electron chi connectivity index (χ1n) is 33.1. The number of anilines is 1. The van der Waals surface area contributed by atoms with Gasteiger partial charge in [-0.15, -0.1) is 0 Å². The number of amides is 11. The molecule has 100 heavy (non-hydrogen) atoms. The van der Waals surface area contributed by atoms with Gasteiger partial charge in [0.2, 0.25) is 47.3 Å². The molecule has 2 aromatic carbocycles. The number of nitrogens with two attached hydrogens (primary N) is 6. The van der Waals surface area contributed by atoms with E-state index in [1.54, 1.807) is 83.1 Å². The predicted octanol–water partition coefficient (Wildman–Crippen LogP) is -2.96. The number of ketones is 1. The standard InChI is InChI=1S/C66H106N16O18/c1-12-37(10)51(59(93)81-52(38(11)84)58(92)74-30-49(86)75-45(28-48(69)85)57(91)77-47(31-83)62(96)97)80-55(89)43(22-17-23-73-64(71)72)78-63(98)66(29-35(6)7,54(88)42(68)27-40-20-16-21-41(67)26-40)82(61(95)50(70)53(87)36(8)9)60(94)46(25-34(4)5)76-56(90)44(24-33(2)3)79-65(99)100-32-39-18-14-13-15-19-39/h13-16,18-21,26,33-38,42-47,50-53,83-84,87H,12,17,22-25,27-32,67-68,70H2,1-11H3,(H2,69,85)(H,74,92)(H,75,86)(H,76,90)(H,77,91)(H,78,98)(H,79,99)(H,80,89)(H,81,93)(H,96,97)(H4,71,72,73)/t37?,38?,42-,43+,44+,45-,46-,47-,50-,51-,52-,53+,66+/m0/s1. The van der Waals surface area contributed by atoms with Crippen LogP contribution in [0.4, 0.5) is 10.5 Å². The van der Waals surface area contributed by atoms with Crippen molar-refractivity contribution in [3.05, 3.63) is 65.7 Å². The zero-order valence-corrected chi connectivity index (χ0v) is 58.8. The fourth-order valence-corrected chi connectivity index (χ4v) is 10.5. The molecule has 13 atom stereocenters. The molecule has 0 saturated carbocycles. The lowest BCUT2D eigenvalue weighted by Gasteiger charge is -2.45. The summed E-state index contributed by atoms with van der Waals surface area (Å²) in [5.74, 6) is -19.1. The fourth-order valence-electron chi connectivity index (χ4n) is 10.5. The van der Waals surface area contributed by atoms with E-state index < -0.39 is 212 Å². The van der Waals surface area contributed by atoms with Gasteiger partial charge >= 0.3 is 12.1 Å². The normalized spacial score (nSPS) is 15.6. The molecule has 0 saturated heterocycles. The highest BCUT2D eigenvalue weighted by Crippen LogP contribution is 2.33. The summed E-state index contributed by atoms with van der Waals surface area (Å²) in [5.41, 5.74) is 34.3. The second-order valence-corrected chi connectivity index (χ2v) is 26.4. The van der Waals surface area contributed by atoms with Crippen molar-refractivity contribution in [3.8, 4) is 0 Å². The molecule has 0 aromatic heterocycles. The Kier molecular flexibility index (Phi) is 36.3. The van der Waals surface area contributed by atoms with Gasteiger partial charge in [-0.05, 0) is 98.3 Å². The van der Waals surface area contributed by atoms with Crippen LogP contribution in [0.3, 0.4) is 0 Å². The van der Waals surface area contributed by atoms with Gasteiger partial charge in [0.15, 0.2) is 17.3 Å². The number of nitrogens with one attached hydrogen (secondary N) is 8. The summed E-state index contributed by atoms with van der Waals surface area (Å²) < 4.78 is 5.45. The van der Waals surface area contributed by atoms with Gasteiger partial charge in [-0.1, -0.05) is 118 Å². The maximum absolute atomic E-state index is 16.4. The largest absolute Gasteiger partial charge is 0.480 e. The zero-order valence-electron chi connectivity index (χ0n) is 58.8. The van der Waals surface area contributed by atoms with Crippen LogP contribution in [0.2, 0.25) is 0 Å². The lowest BCUT2D eigenvalue weighted by molar-refractivity contribution is -0.169. The van der Waals surface area contributed by atoms with E-state index in [-0.39, 0.29) is 56.4 Å². The Balaban J connectivity index is 3.01. The monoisotopic (exact) mass is 1410 g/mol. The highest BCUT2D eigenvalue weighted by Gasteiger charge is 2.59. The van der Waals surface area contributed by atoms with Crippen molar-refractivity contribution >= 4 is 88.6 Å². The van der Waals surface area contributed by atoms with Crippen LogP contribution < -0.4 is 76.9 Å². The Morgan fingerprint density at radius 1 is 0.630 bits per heavy atom. The highest BCUT2D eigenvalue weighted by molar-refractivity contribution is 6.20. The number of primary amides is 1. The summed E-state index contributed by atoms with van der Waals surface area (Å²) in [6.07, 6.45) is -7.35. The zero-order chi connectivity index (χ0) is 76.1. The number of guanidine groups is 1. The molecule has 0 aliphatic rings. The van der Waals surface area contributed by atoms with Crippen molar-refractivity contribution < 1.29 is 87.5 Å². The van der Waals surface area contributed by atoms with E-state index in [2.05, 4.69) is 42.2 Å². The van der Waals surface area contributed by atoms with E-state index in [1.807, 2.05) is 5.32 Å². The number of ether oxygens (including phenoxy) is 1. The third-order valence-electron chi connectivity index (χ3n) is 15.9. The van der Waals surface area contributed by atoms with E-state index >= 15 is 24.0 Å². The number of aliphatic imine (C=N–C) groups is 1. The summed E-state index contributed by atoms with van der Waals surface area (Å²) >= 11 is 0. The van der Waals surface area contributed by atoms with Crippen LogP contribution in [-0.2, 0) is 75.3 Å². The molecule has 34 nitrogen and oxygen atoms in total. The molecular formula is C66H106N16O18. The van der Waals surface area contributed by atoms with Crippen molar-refractivity contribution in [3.63, 3.8) is 0 Å². The molecule has 2 rings (SSSR count). The topological polar surface area (TPSA) is 580 Å². The molecule has 2 unspecified atom stereocenters. The first-order chi connectivity index (χ1) is 46.7. The molecule has 0 aliphatic carbocycles. The van der Waals surface area contributed by atoms with Gasteiger partial charge in [-0.2, -0.15) is 0 Å². The fraction of sp³-hybridized carbons (Fsp3) is 0.606. The second kappa shape index (κ2) is 41.9. The number of carbonyl (C=O) groups excluding carboxylic acids is 12. The molecule has 11 amide bonds. The van der Waals surface area contributed by atoms with Crippen molar-refractivity contribution in [2.24, 2.45) is 63.3 Å². The lowest BCUT2D eigenvalue weighted by atomic mass is 9.77. The van der Waals surface area contributed by atoms with Gasteiger partial charge in [-0.3, -0.25) is 62.6 Å². The van der Waals surface area contributed by atoms with Crippen molar-refractivity contribution in [2.75, 3.05) is 25.4 Å². The van der Waals surface area contributed by atoms with Gasteiger partial charge in [0.1, 0.15) is 54.9 Å².